The first-order valence-electron chi connectivity index (χ1n) is 13.2. The van der Waals surface area contributed by atoms with Crippen LogP contribution in [0.5, 0.6) is 11.5 Å². The first-order chi connectivity index (χ1) is 21.0. The molecule has 0 radical (unpaired) electrons. The molecule has 234 valence electrons. The number of imidazole rings is 1. The topological polar surface area (TPSA) is 108 Å². The molecule has 2 aromatic heterocycles. The highest BCUT2D eigenvalue weighted by Crippen LogP contribution is 2.43. The summed E-state index contributed by atoms with van der Waals surface area (Å²) in [6.45, 7) is 2.59. The zero-order chi connectivity index (χ0) is 32.5. The number of aromatic nitrogens is 4. The molecule has 15 heteroatoms. The second kappa shape index (κ2) is 10.4. The van der Waals surface area contributed by atoms with Gasteiger partial charge in [-0.1, -0.05) is 18.2 Å². The van der Waals surface area contributed by atoms with Gasteiger partial charge in [-0.05, 0) is 66.9 Å². The van der Waals surface area contributed by atoms with Gasteiger partial charge in [-0.3, -0.25) is 0 Å². The van der Waals surface area contributed by atoms with Crippen LogP contribution in [0.1, 0.15) is 22.8 Å². The lowest BCUT2D eigenvalue weighted by atomic mass is 9.98. The third kappa shape index (κ3) is 5.64. The molecule has 1 aliphatic rings. The van der Waals surface area contributed by atoms with E-state index in [9.17, 15) is 35.5 Å². The quantitative estimate of drug-likeness (QED) is 0.218. The standard InChI is InChI=1S/C30H23F5N4O5S/c1-16-10-24(39(37-16)21-7-9-25-26(13-21)44-30(34,35)43-25)22-11-18(19-4-5-20(15-40)27(12-19)45(3,41)42)6-8-23(22)38-14-28(29(31,32)33)36-17(38)2/h4-14,40H,15H2,1-3H3. The molecule has 0 amide bonds. The summed E-state index contributed by atoms with van der Waals surface area (Å²) in [6, 6.07) is 15.0. The van der Waals surface area contributed by atoms with Crippen LogP contribution in [0, 0.1) is 13.8 Å². The molecule has 0 aliphatic carbocycles. The summed E-state index contributed by atoms with van der Waals surface area (Å²) < 4.78 is 105. The van der Waals surface area contributed by atoms with Crippen LogP contribution in [0.3, 0.4) is 0 Å². The maximum atomic E-state index is 13.7. The minimum Gasteiger partial charge on any atom is -0.395 e. The lowest BCUT2D eigenvalue weighted by molar-refractivity contribution is -0.286. The number of hydrogen-bond donors (Lipinski definition) is 1. The van der Waals surface area contributed by atoms with E-state index in [1.165, 1.54) is 46.5 Å². The van der Waals surface area contributed by atoms with E-state index in [2.05, 4.69) is 19.6 Å². The Labute approximate surface area is 253 Å². The molecule has 0 bridgehead atoms. The summed E-state index contributed by atoms with van der Waals surface area (Å²) in [4.78, 5) is 3.62. The maximum Gasteiger partial charge on any atom is 0.586 e. The Morgan fingerprint density at radius 2 is 1.62 bits per heavy atom. The average Bonchev–Trinajstić information content (AvgIpc) is 3.64. The monoisotopic (exact) mass is 646 g/mol. The van der Waals surface area contributed by atoms with Gasteiger partial charge in [0.1, 0.15) is 5.82 Å². The minimum atomic E-state index is -4.71. The van der Waals surface area contributed by atoms with Crippen molar-refractivity contribution in [3.63, 3.8) is 0 Å². The number of alkyl halides is 5. The van der Waals surface area contributed by atoms with Crippen LogP contribution in [0.15, 0.2) is 71.8 Å². The second-order valence-corrected chi connectivity index (χ2v) is 12.4. The van der Waals surface area contributed by atoms with E-state index in [1.807, 2.05) is 0 Å². The van der Waals surface area contributed by atoms with Crippen molar-refractivity contribution in [2.75, 3.05) is 6.26 Å². The van der Waals surface area contributed by atoms with Gasteiger partial charge in [-0.15, -0.1) is 8.78 Å². The summed E-state index contributed by atoms with van der Waals surface area (Å²) in [7, 11) is -3.73. The first kappa shape index (κ1) is 30.3. The number of fused-ring (bicyclic) bond motifs is 1. The van der Waals surface area contributed by atoms with Crippen molar-refractivity contribution in [2.45, 2.75) is 37.8 Å². The van der Waals surface area contributed by atoms with Crippen LogP contribution in [0.25, 0.3) is 33.8 Å². The van der Waals surface area contributed by atoms with Gasteiger partial charge >= 0.3 is 12.5 Å². The summed E-state index contributed by atoms with van der Waals surface area (Å²) in [5.74, 6) is -0.377. The highest BCUT2D eigenvalue weighted by molar-refractivity contribution is 7.90. The molecule has 1 aliphatic heterocycles. The van der Waals surface area contributed by atoms with E-state index in [-0.39, 0.29) is 33.5 Å². The molecule has 0 fully saturated rings. The van der Waals surface area contributed by atoms with Crippen LogP contribution < -0.4 is 9.47 Å². The molecule has 5 aromatic rings. The molecule has 1 N–H and O–H groups in total. The Balaban J connectivity index is 1.58. The van der Waals surface area contributed by atoms with Crippen molar-refractivity contribution in [2.24, 2.45) is 0 Å². The van der Waals surface area contributed by atoms with Gasteiger partial charge < -0.3 is 19.1 Å². The Morgan fingerprint density at radius 1 is 0.933 bits per heavy atom. The highest BCUT2D eigenvalue weighted by atomic mass is 32.2. The van der Waals surface area contributed by atoms with Crippen molar-refractivity contribution in [3.8, 4) is 45.3 Å². The number of hydrogen-bond acceptors (Lipinski definition) is 7. The lowest BCUT2D eigenvalue weighted by Gasteiger charge is -2.17. The van der Waals surface area contributed by atoms with Crippen molar-refractivity contribution < 1.29 is 45.0 Å². The van der Waals surface area contributed by atoms with Gasteiger partial charge in [0, 0.05) is 24.1 Å². The van der Waals surface area contributed by atoms with E-state index < -0.39 is 34.6 Å². The van der Waals surface area contributed by atoms with E-state index in [4.69, 9.17) is 0 Å². The molecule has 0 saturated carbocycles. The number of benzene rings is 3. The van der Waals surface area contributed by atoms with Crippen molar-refractivity contribution in [3.05, 3.63) is 89.6 Å². The lowest BCUT2D eigenvalue weighted by Crippen LogP contribution is -2.25. The summed E-state index contributed by atoms with van der Waals surface area (Å²) in [5.41, 5.74) is 1.84. The number of nitrogens with zero attached hydrogens (tertiary/aromatic N) is 4. The predicted octanol–water partition coefficient (Wildman–Crippen LogP) is 6.24. The molecule has 0 unspecified atom stereocenters. The molecule has 3 heterocycles. The fourth-order valence-corrected chi connectivity index (χ4v) is 6.10. The number of aryl methyl sites for hydroxylation is 2. The van der Waals surface area contributed by atoms with Crippen LogP contribution in [0.2, 0.25) is 0 Å². The molecule has 0 saturated heterocycles. The van der Waals surface area contributed by atoms with Crippen molar-refractivity contribution in [1.29, 1.82) is 0 Å². The average molecular weight is 647 g/mol. The Bertz CT molecular complexity index is 2090. The highest BCUT2D eigenvalue weighted by Gasteiger charge is 2.43. The molecule has 3 aromatic carbocycles. The second-order valence-electron chi connectivity index (χ2n) is 10.4. The molecule has 6 rings (SSSR count). The number of aliphatic hydroxyl groups is 1. The molecule has 0 spiro atoms. The molecular weight excluding hydrogens is 623 g/mol. The van der Waals surface area contributed by atoms with Gasteiger partial charge in [0.2, 0.25) is 0 Å². The van der Waals surface area contributed by atoms with E-state index in [0.29, 0.717) is 33.8 Å². The first-order valence-corrected chi connectivity index (χ1v) is 15.1. The summed E-state index contributed by atoms with van der Waals surface area (Å²) >= 11 is 0. The Kier molecular flexibility index (Phi) is 7.00. The van der Waals surface area contributed by atoms with Crippen LogP contribution in [-0.4, -0.2) is 45.4 Å². The summed E-state index contributed by atoms with van der Waals surface area (Å²) in [5, 5.41) is 14.2. The molecular formula is C30H23F5N4O5S. The maximum absolute atomic E-state index is 13.7. The van der Waals surface area contributed by atoms with Gasteiger partial charge in [-0.25, -0.2) is 18.1 Å². The number of aliphatic hydroxyl groups excluding tert-OH is 1. The van der Waals surface area contributed by atoms with E-state index >= 15 is 0 Å². The van der Waals surface area contributed by atoms with Gasteiger partial charge in [0.25, 0.3) is 0 Å². The van der Waals surface area contributed by atoms with Gasteiger partial charge in [0.05, 0.1) is 34.3 Å². The number of rotatable bonds is 6. The minimum absolute atomic E-state index is 0.0380. The van der Waals surface area contributed by atoms with E-state index in [1.54, 1.807) is 37.3 Å². The van der Waals surface area contributed by atoms with Gasteiger partial charge in [-0.2, -0.15) is 18.3 Å². The van der Waals surface area contributed by atoms with Crippen LogP contribution in [-0.2, 0) is 22.6 Å². The fraction of sp³-hybridized carbons (Fsp3) is 0.200. The SMILES string of the molecule is Cc1cc(-c2cc(-c3ccc(CO)c(S(C)(=O)=O)c3)ccc2-n2cc(C(F)(F)F)nc2C)n(-c2ccc3c(c2)OC(F)(F)O3)n1. The number of sulfone groups is 1. The summed E-state index contributed by atoms with van der Waals surface area (Å²) in [6.07, 6.45) is -6.68. The zero-order valence-electron chi connectivity index (χ0n) is 23.7. The largest absolute Gasteiger partial charge is 0.586 e. The van der Waals surface area contributed by atoms with Crippen molar-refractivity contribution >= 4 is 9.84 Å². The van der Waals surface area contributed by atoms with Crippen LogP contribution in [0.4, 0.5) is 22.0 Å². The third-order valence-electron chi connectivity index (χ3n) is 7.14. The Hall–Kier alpha value is -4.76. The zero-order valence-corrected chi connectivity index (χ0v) is 24.5. The third-order valence-corrected chi connectivity index (χ3v) is 8.31. The number of halogens is 5. The molecule has 45 heavy (non-hydrogen) atoms. The smallest absolute Gasteiger partial charge is 0.395 e. The predicted molar refractivity (Wildman–Crippen MR) is 151 cm³/mol. The Morgan fingerprint density at radius 3 is 2.29 bits per heavy atom. The van der Waals surface area contributed by atoms with Gasteiger partial charge in [0.15, 0.2) is 27.0 Å². The van der Waals surface area contributed by atoms with E-state index in [0.717, 1.165) is 12.5 Å². The van der Waals surface area contributed by atoms with Crippen molar-refractivity contribution in [1.82, 2.24) is 19.3 Å². The normalized spacial score (nSPS) is 14.2. The fourth-order valence-electron chi connectivity index (χ4n) is 5.15. The van der Waals surface area contributed by atoms with Crippen LogP contribution >= 0.6 is 0 Å². The number of ether oxygens (including phenoxy) is 2. The molecule has 9 nitrogen and oxygen atoms in total. The molecule has 0 atom stereocenters.